The van der Waals surface area contributed by atoms with Gasteiger partial charge in [0.15, 0.2) is 11.5 Å². The van der Waals surface area contributed by atoms with Crippen molar-refractivity contribution in [2.24, 2.45) is 0 Å². The summed E-state index contributed by atoms with van der Waals surface area (Å²) in [7, 11) is 3.09. The van der Waals surface area contributed by atoms with Crippen LogP contribution >= 0.6 is 0 Å². The molecule has 1 atom stereocenters. The first kappa shape index (κ1) is 18.2. The third kappa shape index (κ3) is 4.14. The first-order valence-corrected chi connectivity index (χ1v) is 8.48. The highest BCUT2D eigenvalue weighted by molar-refractivity contribution is 5.95. The van der Waals surface area contributed by atoms with Gasteiger partial charge in [-0.15, -0.1) is 0 Å². The van der Waals surface area contributed by atoms with Gasteiger partial charge in [0, 0.05) is 25.1 Å². The fraction of sp³-hybridized carbons (Fsp3) is 0.350. The van der Waals surface area contributed by atoms with Crippen LogP contribution in [0.5, 0.6) is 11.5 Å². The van der Waals surface area contributed by atoms with Crippen molar-refractivity contribution in [3.8, 4) is 11.5 Å². The molecule has 1 saturated heterocycles. The zero-order valence-corrected chi connectivity index (χ0v) is 14.9. The van der Waals surface area contributed by atoms with Gasteiger partial charge in [0.2, 0.25) is 0 Å². The minimum atomic E-state index is -0.267. The van der Waals surface area contributed by atoms with Gasteiger partial charge in [-0.25, -0.2) is 4.39 Å². The number of nitrogens with zero attached hydrogens (tertiary/aromatic N) is 1. The summed E-state index contributed by atoms with van der Waals surface area (Å²) >= 11 is 0. The van der Waals surface area contributed by atoms with Crippen LogP contribution in [0.15, 0.2) is 42.5 Å². The molecule has 0 radical (unpaired) electrons. The first-order valence-electron chi connectivity index (χ1n) is 8.48. The SMILES string of the molecule is COc1ccc(C(=O)N2CCO[C@@H](Cc3cccc(F)c3)C2)cc1OC. The standard InChI is InChI=1S/C20H22FNO4/c1-24-18-7-6-15(12-19(18)25-2)20(23)22-8-9-26-17(13-22)11-14-4-3-5-16(21)10-14/h3-7,10,12,17H,8-9,11,13H2,1-2H3/t17-/m0/s1. The molecule has 1 aliphatic heterocycles. The van der Waals surface area contributed by atoms with Crippen molar-refractivity contribution in [3.63, 3.8) is 0 Å². The van der Waals surface area contributed by atoms with E-state index in [0.29, 0.717) is 43.2 Å². The molecule has 1 amide bonds. The quantitative estimate of drug-likeness (QED) is 0.824. The summed E-state index contributed by atoms with van der Waals surface area (Å²) in [5, 5.41) is 0. The van der Waals surface area contributed by atoms with Gasteiger partial charge in [0.1, 0.15) is 5.82 Å². The monoisotopic (exact) mass is 359 g/mol. The number of rotatable bonds is 5. The molecular formula is C20H22FNO4. The highest BCUT2D eigenvalue weighted by Gasteiger charge is 2.26. The normalized spacial score (nSPS) is 17.0. The lowest BCUT2D eigenvalue weighted by Crippen LogP contribution is -2.46. The number of hydrogen-bond donors (Lipinski definition) is 0. The highest BCUT2D eigenvalue weighted by Crippen LogP contribution is 2.28. The van der Waals surface area contributed by atoms with E-state index in [2.05, 4.69) is 0 Å². The van der Waals surface area contributed by atoms with Crippen LogP contribution in [-0.4, -0.2) is 50.8 Å². The molecule has 1 heterocycles. The van der Waals surface area contributed by atoms with Gasteiger partial charge >= 0.3 is 0 Å². The topological polar surface area (TPSA) is 48.0 Å². The van der Waals surface area contributed by atoms with Crippen LogP contribution in [0, 0.1) is 5.82 Å². The highest BCUT2D eigenvalue weighted by atomic mass is 19.1. The summed E-state index contributed by atoms with van der Waals surface area (Å²) in [6.45, 7) is 1.44. The van der Waals surface area contributed by atoms with E-state index in [1.165, 1.54) is 19.2 Å². The maximum Gasteiger partial charge on any atom is 0.254 e. The predicted octanol–water partition coefficient (Wildman–Crippen LogP) is 2.93. The van der Waals surface area contributed by atoms with Crippen molar-refractivity contribution < 1.29 is 23.4 Å². The Morgan fingerprint density at radius 3 is 2.73 bits per heavy atom. The molecule has 0 aromatic heterocycles. The van der Waals surface area contributed by atoms with E-state index in [1.54, 1.807) is 36.3 Å². The molecule has 1 fully saturated rings. The van der Waals surface area contributed by atoms with Gasteiger partial charge in [-0.3, -0.25) is 4.79 Å². The number of amides is 1. The van der Waals surface area contributed by atoms with Crippen LogP contribution in [0.3, 0.4) is 0 Å². The smallest absolute Gasteiger partial charge is 0.254 e. The van der Waals surface area contributed by atoms with Crippen LogP contribution in [0.25, 0.3) is 0 Å². The number of benzene rings is 2. The van der Waals surface area contributed by atoms with Crippen molar-refractivity contribution in [3.05, 3.63) is 59.4 Å². The van der Waals surface area contributed by atoms with Crippen molar-refractivity contribution in [1.29, 1.82) is 0 Å². The molecule has 6 heteroatoms. The van der Waals surface area contributed by atoms with Crippen LogP contribution < -0.4 is 9.47 Å². The van der Waals surface area contributed by atoms with Gasteiger partial charge in [-0.2, -0.15) is 0 Å². The van der Waals surface area contributed by atoms with Gasteiger partial charge in [-0.05, 0) is 35.9 Å². The molecule has 26 heavy (non-hydrogen) atoms. The number of hydrogen-bond acceptors (Lipinski definition) is 4. The second-order valence-electron chi connectivity index (χ2n) is 6.15. The van der Waals surface area contributed by atoms with E-state index in [4.69, 9.17) is 14.2 Å². The zero-order chi connectivity index (χ0) is 18.5. The third-order valence-corrected chi connectivity index (χ3v) is 4.41. The summed E-state index contributed by atoms with van der Waals surface area (Å²) < 4.78 is 29.6. The lowest BCUT2D eigenvalue weighted by molar-refractivity contribution is -0.0208. The Labute approximate surface area is 152 Å². The Kier molecular flexibility index (Phi) is 5.73. The largest absolute Gasteiger partial charge is 0.493 e. The molecule has 0 spiro atoms. The Balaban J connectivity index is 1.70. The van der Waals surface area contributed by atoms with E-state index >= 15 is 0 Å². The lowest BCUT2D eigenvalue weighted by Gasteiger charge is -2.33. The molecule has 2 aromatic rings. The fourth-order valence-corrected chi connectivity index (χ4v) is 3.11. The van der Waals surface area contributed by atoms with E-state index in [1.807, 2.05) is 6.07 Å². The molecule has 138 valence electrons. The van der Waals surface area contributed by atoms with Crippen molar-refractivity contribution in [1.82, 2.24) is 4.90 Å². The Bertz CT molecular complexity index is 780. The summed E-state index contributed by atoms with van der Waals surface area (Å²) in [6, 6.07) is 11.6. The van der Waals surface area contributed by atoms with Crippen molar-refractivity contribution in [2.45, 2.75) is 12.5 Å². The number of carbonyl (C=O) groups excluding carboxylic acids is 1. The minimum absolute atomic E-state index is 0.0847. The zero-order valence-electron chi connectivity index (χ0n) is 14.9. The minimum Gasteiger partial charge on any atom is -0.493 e. The van der Waals surface area contributed by atoms with Gasteiger partial charge < -0.3 is 19.1 Å². The molecule has 5 nitrogen and oxygen atoms in total. The third-order valence-electron chi connectivity index (χ3n) is 4.41. The molecule has 3 rings (SSSR count). The van der Waals surface area contributed by atoms with E-state index < -0.39 is 0 Å². The van der Waals surface area contributed by atoms with Gasteiger partial charge in [0.25, 0.3) is 5.91 Å². The molecule has 0 unspecified atom stereocenters. The second-order valence-corrected chi connectivity index (χ2v) is 6.15. The lowest BCUT2D eigenvalue weighted by atomic mass is 10.1. The maximum absolute atomic E-state index is 13.4. The van der Waals surface area contributed by atoms with Gasteiger partial charge in [-0.1, -0.05) is 12.1 Å². The van der Waals surface area contributed by atoms with Gasteiger partial charge in [0.05, 0.1) is 26.9 Å². The summed E-state index contributed by atoms with van der Waals surface area (Å²) in [6.07, 6.45) is 0.405. The number of carbonyl (C=O) groups is 1. The molecule has 0 saturated carbocycles. The van der Waals surface area contributed by atoms with E-state index in [-0.39, 0.29) is 17.8 Å². The average molecular weight is 359 g/mol. The number of morpholine rings is 1. The second kappa shape index (κ2) is 8.19. The summed E-state index contributed by atoms with van der Waals surface area (Å²) in [5.41, 5.74) is 1.39. The van der Waals surface area contributed by atoms with Crippen LogP contribution in [0.4, 0.5) is 4.39 Å². The summed E-state index contributed by atoms with van der Waals surface area (Å²) in [4.78, 5) is 14.6. The van der Waals surface area contributed by atoms with Crippen LogP contribution in [-0.2, 0) is 11.2 Å². The average Bonchev–Trinajstić information content (AvgIpc) is 2.67. The van der Waals surface area contributed by atoms with Crippen molar-refractivity contribution >= 4 is 5.91 Å². The number of methoxy groups -OCH3 is 2. The molecule has 2 aromatic carbocycles. The fourth-order valence-electron chi connectivity index (χ4n) is 3.11. The Morgan fingerprint density at radius 2 is 2.00 bits per heavy atom. The van der Waals surface area contributed by atoms with Crippen LogP contribution in [0.1, 0.15) is 15.9 Å². The molecule has 0 aliphatic carbocycles. The molecule has 0 N–H and O–H groups in total. The van der Waals surface area contributed by atoms with E-state index in [0.717, 1.165) is 5.56 Å². The van der Waals surface area contributed by atoms with E-state index in [9.17, 15) is 9.18 Å². The number of ether oxygens (including phenoxy) is 3. The maximum atomic E-state index is 13.4. The Hall–Kier alpha value is -2.60. The predicted molar refractivity (Wildman–Crippen MR) is 95.3 cm³/mol. The summed E-state index contributed by atoms with van der Waals surface area (Å²) in [5.74, 6) is 0.744. The molecule has 0 bridgehead atoms. The van der Waals surface area contributed by atoms with Crippen LogP contribution in [0.2, 0.25) is 0 Å². The molecular weight excluding hydrogens is 337 g/mol. The van der Waals surface area contributed by atoms with Crippen molar-refractivity contribution in [2.75, 3.05) is 33.9 Å². The number of halogens is 1. The molecule has 1 aliphatic rings. The first-order chi connectivity index (χ1) is 12.6. The Morgan fingerprint density at radius 1 is 1.19 bits per heavy atom.